The lowest BCUT2D eigenvalue weighted by atomic mass is 10.1. The molecule has 3 N–H and O–H groups in total. The van der Waals surface area contributed by atoms with Gasteiger partial charge >= 0.3 is 13.8 Å². The Bertz CT molecular complexity index is 474. The fourth-order valence-electron chi connectivity index (χ4n) is 1.20. The van der Waals surface area contributed by atoms with Crippen molar-refractivity contribution < 1.29 is 37.5 Å². The van der Waals surface area contributed by atoms with Crippen LogP contribution in [0, 0.1) is 0 Å². The van der Waals surface area contributed by atoms with Gasteiger partial charge in [0.2, 0.25) is 0 Å². The lowest BCUT2D eigenvalue weighted by Gasteiger charge is -2.10. The van der Waals surface area contributed by atoms with Crippen molar-refractivity contribution in [3.63, 3.8) is 0 Å². The Morgan fingerprint density at radius 1 is 1.32 bits per heavy atom. The van der Waals surface area contributed by atoms with E-state index in [1.165, 1.54) is 24.3 Å². The number of benzene rings is 1. The molecule has 1 aromatic rings. The maximum Gasteiger partial charge on any atom is 0.593 e. The molecule has 0 aromatic heterocycles. The van der Waals surface area contributed by atoms with Gasteiger partial charge in [0, 0.05) is 0 Å². The van der Waals surface area contributed by atoms with Gasteiger partial charge in [0.05, 0.1) is 0 Å². The Hall–Kier alpha value is -1.54. The fraction of sp³-hybridized carbons (Fsp3) is 0.222. The van der Waals surface area contributed by atoms with E-state index in [4.69, 9.17) is 10.8 Å². The summed E-state index contributed by atoms with van der Waals surface area (Å²) >= 11 is 0. The molecular weight excluding hydrogens is 287 g/mol. The number of phosphoric acid groups is 1. The molecule has 10 heteroatoms. The van der Waals surface area contributed by atoms with Gasteiger partial charge in [-0.25, -0.2) is 4.57 Å². The van der Waals surface area contributed by atoms with Crippen LogP contribution in [0.4, 0.5) is 9.05 Å². The molecule has 1 atom stereocenters. The zero-order valence-corrected chi connectivity index (χ0v) is 10.3. The first-order valence-electron chi connectivity index (χ1n) is 4.88. The van der Waals surface area contributed by atoms with E-state index >= 15 is 0 Å². The third-order valence-corrected chi connectivity index (χ3v) is 2.85. The lowest BCUT2D eigenvalue weighted by Crippen LogP contribution is -2.32. The Morgan fingerprint density at radius 2 is 1.84 bits per heavy atom. The van der Waals surface area contributed by atoms with Crippen LogP contribution in [-0.4, -0.2) is 17.1 Å². The Labute approximate surface area is 106 Å². The highest BCUT2D eigenvalue weighted by Crippen LogP contribution is 2.50. The molecule has 19 heavy (non-hydrogen) atoms. The molecule has 0 unspecified atom stereocenters. The molecule has 0 amide bonds. The lowest BCUT2D eigenvalue weighted by molar-refractivity contribution is -0.138. The Kier molecular flexibility index (Phi) is 5.37. The summed E-state index contributed by atoms with van der Waals surface area (Å²) in [5, 5.41) is 8.61. The van der Waals surface area contributed by atoms with Crippen molar-refractivity contribution in [1.29, 1.82) is 0 Å². The molecule has 0 aliphatic heterocycles. The molecule has 0 spiro atoms. The zero-order chi connectivity index (χ0) is 14.5. The molecule has 1 rings (SSSR count). The van der Waals surface area contributed by atoms with Crippen molar-refractivity contribution in [2.75, 3.05) is 0 Å². The van der Waals surface area contributed by atoms with Crippen LogP contribution in [0.1, 0.15) is 5.56 Å². The standard InChI is InChI=1S/C9H10F2NO6P/c10-17-19(15,18-11)16-7-3-1-6(2-4-7)5-8(12)9(13)14/h1-4,8H,5,12H2,(H,13,14)/t8-/m0/s1. The molecule has 0 saturated carbocycles. The van der Waals surface area contributed by atoms with E-state index in [9.17, 15) is 18.4 Å². The molecule has 0 aliphatic rings. The van der Waals surface area contributed by atoms with Crippen LogP contribution >= 0.6 is 7.82 Å². The van der Waals surface area contributed by atoms with Crippen LogP contribution < -0.4 is 10.3 Å². The monoisotopic (exact) mass is 297 g/mol. The molecule has 7 nitrogen and oxygen atoms in total. The van der Waals surface area contributed by atoms with Crippen molar-refractivity contribution in [3.8, 4) is 5.75 Å². The van der Waals surface area contributed by atoms with Crippen LogP contribution in [-0.2, 0) is 25.2 Å². The second-order valence-electron chi connectivity index (χ2n) is 3.47. The number of halogens is 2. The van der Waals surface area contributed by atoms with E-state index in [1.807, 2.05) is 0 Å². The maximum absolute atomic E-state index is 11.7. The first-order chi connectivity index (χ1) is 8.90. The molecule has 0 heterocycles. The minimum absolute atomic E-state index is 0.0481. The molecule has 0 fully saturated rings. The summed E-state index contributed by atoms with van der Waals surface area (Å²) in [5.41, 5.74) is 5.86. The van der Waals surface area contributed by atoms with Crippen molar-refractivity contribution in [3.05, 3.63) is 29.8 Å². The maximum atomic E-state index is 11.7. The molecule has 106 valence electrons. The fourth-order valence-corrected chi connectivity index (χ4v) is 1.65. The number of hydrogen-bond donors (Lipinski definition) is 2. The Balaban J connectivity index is 2.72. The van der Waals surface area contributed by atoms with Crippen LogP contribution in [0.2, 0.25) is 0 Å². The smallest absolute Gasteiger partial charge is 0.480 e. The molecule has 1 aromatic carbocycles. The van der Waals surface area contributed by atoms with Crippen molar-refractivity contribution in [2.45, 2.75) is 12.5 Å². The average molecular weight is 297 g/mol. The van der Waals surface area contributed by atoms with E-state index in [2.05, 4.69) is 14.0 Å². The third-order valence-electron chi connectivity index (χ3n) is 2.08. The van der Waals surface area contributed by atoms with E-state index in [-0.39, 0.29) is 12.2 Å². The number of carbonyl (C=O) groups is 1. The van der Waals surface area contributed by atoms with Crippen LogP contribution in [0.5, 0.6) is 5.75 Å². The SMILES string of the molecule is N[C@@H](Cc1ccc(OP(=O)(OF)OF)cc1)C(=O)O. The summed E-state index contributed by atoms with van der Waals surface area (Å²) < 4.78 is 44.3. The van der Waals surface area contributed by atoms with Crippen molar-refractivity contribution in [2.24, 2.45) is 5.73 Å². The average Bonchev–Trinajstić information content (AvgIpc) is 2.40. The minimum Gasteiger partial charge on any atom is -0.480 e. The number of aliphatic carboxylic acids is 1. The number of hydrogen-bond acceptors (Lipinski definition) is 6. The van der Waals surface area contributed by atoms with Gasteiger partial charge in [-0.2, -0.15) is 0 Å². The topological polar surface area (TPSA) is 108 Å². The Morgan fingerprint density at radius 3 is 2.26 bits per heavy atom. The zero-order valence-electron chi connectivity index (χ0n) is 9.36. The number of nitrogens with two attached hydrogens (primary N) is 1. The molecule has 0 saturated heterocycles. The normalized spacial score (nSPS) is 13.0. The highest BCUT2D eigenvalue weighted by atomic mass is 31.2. The summed E-state index contributed by atoms with van der Waals surface area (Å²) in [4.78, 5) is 10.5. The van der Waals surface area contributed by atoms with Crippen LogP contribution in [0.25, 0.3) is 0 Å². The highest BCUT2D eigenvalue weighted by molar-refractivity contribution is 7.48. The van der Waals surface area contributed by atoms with Crippen molar-refractivity contribution >= 4 is 13.8 Å². The summed E-state index contributed by atoms with van der Waals surface area (Å²) in [6.45, 7) is 0. The minimum atomic E-state index is -4.91. The van der Waals surface area contributed by atoms with Gasteiger partial charge in [0.1, 0.15) is 11.8 Å². The molecular formula is C9H10F2NO6P. The van der Waals surface area contributed by atoms with E-state index in [1.54, 1.807) is 0 Å². The molecule has 0 radical (unpaired) electrons. The van der Waals surface area contributed by atoms with E-state index < -0.39 is 19.8 Å². The predicted molar refractivity (Wildman–Crippen MR) is 58.4 cm³/mol. The quantitative estimate of drug-likeness (QED) is 0.740. The van der Waals surface area contributed by atoms with E-state index in [0.717, 1.165) is 0 Å². The number of carboxylic acids is 1. The van der Waals surface area contributed by atoms with Gasteiger partial charge in [-0.15, -0.1) is 0 Å². The summed E-state index contributed by atoms with van der Waals surface area (Å²) in [7, 11) is -4.91. The van der Waals surface area contributed by atoms with Gasteiger partial charge < -0.3 is 15.4 Å². The number of carboxylic acid groups (broad SMARTS) is 1. The first kappa shape index (κ1) is 15.5. The summed E-state index contributed by atoms with van der Waals surface area (Å²) in [6.07, 6.45) is 0.0481. The van der Waals surface area contributed by atoms with Gasteiger partial charge in [-0.05, 0) is 33.2 Å². The molecule has 0 bridgehead atoms. The summed E-state index contributed by atoms with van der Waals surface area (Å²) in [6, 6.07) is 4.10. The second-order valence-corrected chi connectivity index (χ2v) is 4.82. The largest absolute Gasteiger partial charge is 0.593 e. The predicted octanol–water partition coefficient (Wildman–Crippen LogP) is 1.93. The number of rotatable bonds is 7. The summed E-state index contributed by atoms with van der Waals surface area (Å²) in [5.74, 6) is -1.35. The van der Waals surface area contributed by atoms with E-state index in [0.29, 0.717) is 5.56 Å². The second kappa shape index (κ2) is 6.58. The van der Waals surface area contributed by atoms with Gasteiger partial charge in [0.15, 0.2) is 0 Å². The van der Waals surface area contributed by atoms with Gasteiger partial charge in [-0.1, -0.05) is 21.6 Å². The van der Waals surface area contributed by atoms with Gasteiger partial charge in [-0.3, -0.25) is 4.79 Å². The van der Waals surface area contributed by atoms with Gasteiger partial charge in [0.25, 0.3) is 0 Å². The van der Waals surface area contributed by atoms with Crippen molar-refractivity contribution in [1.82, 2.24) is 0 Å². The highest BCUT2D eigenvalue weighted by Gasteiger charge is 2.31. The van der Waals surface area contributed by atoms with Crippen LogP contribution in [0.3, 0.4) is 0 Å². The van der Waals surface area contributed by atoms with Crippen LogP contribution in [0.15, 0.2) is 24.3 Å². The third kappa shape index (κ3) is 4.56. The first-order valence-corrected chi connectivity index (χ1v) is 6.34. The molecule has 0 aliphatic carbocycles.